The van der Waals surface area contributed by atoms with Crippen LogP contribution in [0.5, 0.6) is 0 Å². The highest BCUT2D eigenvalue weighted by atomic mass is 16.1. The number of carbonyl (C=O) groups is 1. The maximum atomic E-state index is 11.1. The van der Waals surface area contributed by atoms with Gasteiger partial charge < -0.3 is 5.32 Å². The molecule has 1 N–H and O–H groups in total. The van der Waals surface area contributed by atoms with Gasteiger partial charge in [-0.05, 0) is 18.9 Å². The van der Waals surface area contributed by atoms with Gasteiger partial charge in [-0.15, -0.1) is 0 Å². The number of hydrogen-bond donors (Lipinski definition) is 1. The Morgan fingerprint density at radius 1 is 1.14 bits per heavy atom. The topological polar surface area (TPSA) is 29.1 Å². The average Bonchev–Trinajstić information content (AvgIpc) is 2.19. The van der Waals surface area contributed by atoms with Crippen molar-refractivity contribution in [3.05, 3.63) is 24.4 Å². The van der Waals surface area contributed by atoms with Crippen LogP contribution in [0.15, 0.2) is 24.4 Å². The average molecular weight is 195 g/mol. The predicted octanol–water partition coefficient (Wildman–Crippen LogP) is 3.16. The lowest BCUT2D eigenvalue weighted by Gasteiger charge is -1.92. The molecule has 0 aliphatic heterocycles. The summed E-state index contributed by atoms with van der Waals surface area (Å²) in [6, 6.07) is 0. The van der Waals surface area contributed by atoms with Crippen LogP contribution in [-0.4, -0.2) is 5.91 Å². The van der Waals surface area contributed by atoms with Crippen LogP contribution in [0, 0.1) is 0 Å². The lowest BCUT2D eigenvalue weighted by molar-refractivity contribution is -0.115. The molecule has 2 nitrogen and oxygen atoms in total. The molecule has 0 radical (unpaired) electrons. The van der Waals surface area contributed by atoms with Gasteiger partial charge in [-0.2, -0.15) is 0 Å². The Labute approximate surface area is 87.1 Å². The molecule has 14 heavy (non-hydrogen) atoms. The Hall–Kier alpha value is -1.05. The first-order valence-corrected chi connectivity index (χ1v) is 5.43. The van der Waals surface area contributed by atoms with Crippen LogP contribution in [0.25, 0.3) is 0 Å². The Balaban J connectivity index is 3.49. The summed E-state index contributed by atoms with van der Waals surface area (Å²) in [6.45, 7) is 4.25. The summed E-state index contributed by atoms with van der Waals surface area (Å²) >= 11 is 0. The number of allylic oxidation sites excluding steroid dienone is 2. The molecule has 0 unspecified atom stereocenters. The van der Waals surface area contributed by atoms with E-state index >= 15 is 0 Å². The number of unbranched alkanes of at least 4 members (excludes halogenated alkanes) is 3. The van der Waals surface area contributed by atoms with Crippen molar-refractivity contribution in [3.8, 4) is 0 Å². The van der Waals surface area contributed by atoms with Crippen LogP contribution in [0.4, 0.5) is 0 Å². The van der Waals surface area contributed by atoms with Gasteiger partial charge in [0.2, 0.25) is 5.91 Å². The fraction of sp³-hybridized carbons (Fsp3) is 0.583. The van der Waals surface area contributed by atoms with Crippen molar-refractivity contribution in [2.45, 2.75) is 46.0 Å². The summed E-state index contributed by atoms with van der Waals surface area (Å²) in [6.07, 6.45) is 12.6. The molecule has 1 amide bonds. The molecule has 0 atom stereocenters. The molecule has 0 aromatic rings. The molecule has 0 aromatic heterocycles. The summed E-state index contributed by atoms with van der Waals surface area (Å²) in [7, 11) is 0. The largest absolute Gasteiger partial charge is 0.329 e. The van der Waals surface area contributed by atoms with Crippen LogP contribution in [-0.2, 0) is 4.79 Å². The number of nitrogens with one attached hydrogen (secondary N) is 1. The predicted molar refractivity (Wildman–Crippen MR) is 60.9 cm³/mol. The molecule has 0 rings (SSSR count). The zero-order valence-electron chi connectivity index (χ0n) is 9.25. The Morgan fingerprint density at radius 3 is 2.57 bits per heavy atom. The normalized spacial score (nSPS) is 11.3. The van der Waals surface area contributed by atoms with Gasteiger partial charge >= 0.3 is 0 Å². The summed E-state index contributed by atoms with van der Waals surface area (Å²) in [4.78, 5) is 11.1. The van der Waals surface area contributed by atoms with Crippen LogP contribution >= 0.6 is 0 Å². The fourth-order valence-corrected chi connectivity index (χ4v) is 0.952. The second-order valence-corrected chi connectivity index (χ2v) is 3.24. The lowest BCUT2D eigenvalue weighted by atomic mass is 10.2. The monoisotopic (exact) mass is 195 g/mol. The SMILES string of the molecule is CCC/C=C/NC(=O)/C=C\CCCC. The third-order valence-corrected chi connectivity index (χ3v) is 1.79. The van der Waals surface area contributed by atoms with Crippen molar-refractivity contribution in [2.24, 2.45) is 0 Å². The molecule has 0 aliphatic carbocycles. The van der Waals surface area contributed by atoms with Gasteiger partial charge in [0.25, 0.3) is 0 Å². The van der Waals surface area contributed by atoms with Crippen molar-refractivity contribution in [3.63, 3.8) is 0 Å². The first kappa shape index (κ1) is 12.9. The molecule has 0 aromatic carbocycles. The van der Waals surface area contributed by atoms with Gasteiger partial charge in [-0.1, -0.05) is 45.3 Å². The van der Waals surface area contributed by atoms with E-state index in [0.29, 0.717) is 0 Å². The molecule has 0 bridgehead atoms. The van der Waals surface area contributed by atoms with E-state index < -0.39 is 0 Å². The summed E-state index contributed by atoms with van der Waals surface area (Å²) < 4.78 is 0. The minimum Gasteiger partial charge on any atom is -0.329 e. The second-order valence-electron chi connectivity index (χ2n) is 3.24. The first-order valence-electron chi connectivity index (χ1n) is 5.43. The Morgan fingerprint density at radius 2 is 1.93 bits per heavy atom. The van der Waals surface area contributed by atoms with Crippen LogP contribution in [0.1, 0.15) is 46.0 Å². The van der Waals surface area contributed by atoms with Crippen LogP contribution in [0.2, 0.25) is 0 Å². The zero-order valence-corrected chi connectivity index (χ0v) is 9.25. The van der Waals surface area contributed by atoms with E-state index in [0.717, 1.165) is 25.7 Å². The molecule has 2 heteroatoms. The van der Waals surface area contributed by atoms with Gasteiger partial charge in [0, 0.05) is 6.20 Å². The quantitative estimate of drug-likeness (QED) is 0.490. The lowest BCUT2D eigenvalue weighted by Crippen LogP contribution is -2.13. The smallest absolute Gasteiger partial charge is 0.247 e. The molecule has 0 heterocycles. The number of rotatable bonds is 7. The molecular formula is C12H21NO. The van der Waals surface area contributed by atoms with Crippen molar-refractivity contribution in [1.82, 2.24) is 5.32 Å². The van der Waals surface area contributed by atoms with E-state index in [2.05, 4.69) is 19.2 Å². The number of hydrogen-bond acceptors (Lipinski definition) is 1. The van der Waals surface area contributed by atoms with Crippen molar-refractivity contribution in [1.29, 1.82) is 0 Å². The Kier molecular flexibility index (Phi) is 9.28. The molecule has 0 fully saturated rings. The Bertz CT molecular complexity index is 194. The van der Waals surface area contributed by atoms with Gasteiger partial charge in [0.1, 0.15) is 0 Å². The van der Waals surface area contributed by atoms with E-state index in [1.807, 2.05) is 12.2 Å². The highest BCUT2D eigenvalue weighted by Gasteiger charge is 1.88. The van der Waals surface area contributed by atoms with E-state index in [-0.39, 0.29) is 5.91 Å². The summed E-state index contributed by atoms with van der Waals surface area (Å²) in [5.41, 5.74) is 0. The minimum atomic E-state index is -0.0338. The molecule has 0 saturated heterocycles. The maximum Gasteiger partial charge on any atom is 0.247 e. The summed E-state index contributed by atoms with van der Waals surface area (Å²) in [5, 5.41) is 2.69. The molecule has 0 spiro atoms. The molecule has 0 aliphatic rings. The highest BCUT2D eigenvalue weighted by Crippen LogP contribution is 1.94. The third-order valence-electron chi connectivity index (χ3n) is 1.79. The van der Waals surface area contributed by atoms with Crippen LogP contribution in [0.3, 0.4) is 0 Å². The number of carbonyl (C=O) groups excluding carboxylic acids is 1. The highest BCUT2D eigenvalue weighted by molar-refractivity contribution is 5.88. The van der Waals surface area contributed by atoms with E-state index in [1.54, 1.807) is 12.3 Å². The van der Waals surface area contributed by atoms with Gasteiger partial charge in [-0.25, -0.2) is 0 Å². The van der Waals surface area contributed by atoms with E-state index in [9.17, 15) is 4.79 Å². The van der Waals surface area contributed by atoms with Crippen molar-refractivity contribution >= 4 is 5.91 Å². The molecule has 0 saturated carbocycles. The summed E-state index contributed by atoms with van der Waals surface area (Å²) in [5.74, 6) is -0.0338. The van der Waals surface area contributed by atoms with Gasteiger partial charge in [0.15, 0.2) is 0 Å². The molecular weight excluding hydrogens is 174 g/mol. The minimum absolute atomic E-state index is 0.0338. The van der Waals surface area contributed by atoms with E-state index in [4.69, 9.17) is 0 Å². The van der Waals surface area contributed by atoms with Gasteiger partial charge in [0.05, 0.1) is 0 Å². The fourth-order valence-electron chi connectivity index (χ4n) is 0.952. The van der Waals surface area contributed by atoms with Crippen molar-refractivity contribution < 1.29 is 4.79 Å². The van der Waals surface area contributed by atoms with Crippen molar-refractivity contribution in [2.75, 3.05) is 0 Å². The van der Waals surface area contributed by atoms with Gasteiger partial charge in [-0.3, -0.25) is 4.79 Å². The standard InChI is InChI=1S/C12H21NO/c1-3-5-7-8-10-12(14)13-11-9-6-4-2/h8-11H,3-7H2,1-2H3,(H,13,14)/b10-8-,11-9+. The van der Waals surface area contributed by atoms with E-state index in [1.165, 1.54) is 6.42 Å². The van der Waals surface area contributed by atoms with Crippen LogP contribution < -0.4 is 5.32 Å². The first-order chi connectivity index (χ1) is 6.81. The zero-order chi connectivity index (χ0) is 10.6. The maximum absolute atomic E-state index is 11.1. The number of amides is 1. The third kappa shape index (κ3) is 9.04. The molecule has 80 valence electrons. The second kappa shape index (κ2) is 10.0.